The molecule has 0 spiro atoms. The van der Waals surface area contributed by atoms with Crippen molar-refractivity contribution in [2.45, 2.75) is 6.42 Å². The van der Waals surface area contributed by atoms with Crippen LogP contribution >= 0.6 is 11.6 Å². The fraction of sp³-hybridized carbons (Fsp3) is 0.308. The minimum absolute atomic E-state index is 0.0843. The van der Waals surface area contributed by atoms with Gasteiger partial charge in [0.2, 0.25) is 0 Å². The number of hydrogen-bond donors (Lipinski definition) is 0. The van der Waals surface area contributed by atoms with E-state index in [2.05, 4.69) is 0 Å². The van der Waals surface area contributed by atoms with Gasteiger partial charge in [-0.05, 0) is 30.7 Å². The van der Waals surface area contributed by atoms with Crippen LogP contribution in [0.3, 0.4) is 0 Å². The topological polar surface area (TPSA) is 23.6 Å². The van der Waals surface area contributed by atoms with Crippen LogP contribution < -0.4 is 4.90 Å². The molecule has 1 fully saturated rings. The van der Waals surface area contributed by atoms with E-state index in [0.717, 1.165) is 24.2 Å². The first-order valence-electron chi connectivity index (χ1n) is 5.52. The zero-order valence-electron chi connectivity index (χ0n) is 9.98. The van der Waals surface area contributed by atoms with Gasteiger partial charge in [0.05, 0.1) is 0 Å². The highest BCUT2D eigenvalue weighted by Gasteiger charge is 2.27. The second-order valence-electron chi connectivity index (χ2n) is 4.30. The molecule has 0 saturated carbocycles. The largest absolute Gasteiger partial charge is 0.383 e. The van der Waals surface area contributed by atoms with E-state index in [1.807, 2.05) is 37.3 Å². The predicted molar refractivity (Wildman–Crippen MR) is 70.2 cm³/mol. The first kappa shape index (κ1) is 12.0. The third-order valence-corrected chi connectivity index (χ3v) is 2.93. The van der Waals surface area contributed by atoms with E-state index in [0.29, 0.717) is 5.02 Å². The standard InChI is InChI=1S/C13H15ClN2O/c1-15(2)9-10-7-8-16(13(10)17)12-5-3-11(14)4-6-12/h3-6,9H,7-8H2,1-2H3/b10-9-. The summed E-state index contributed by atoms with van der Waals surface area (Å²) in [6.07, 6.45) is 2.68. The Labute approximate surface area is 106 Å². The van der Waals surface area contributed by atoms with Gasteiger partial charge in [0.1, 0.15) is 0 Å². The highest BCUT2D eigenvalue weighted by molar-refractivity contribution is 6.30. The Morgan fingerprint density at radius 2 is 1.94 bits per heavy atom. The lowest BCUT2D eigenvalue weighted by atomic mass is 10.2. The van der Waals surface area contributed by atoms with Gasteiger partial charge in [-0.15, -0.1) is 0 Å². The quantitative estimate of drug-likeness (QED) is 0.753. The molecule has 1 heterocycles. The Morgan fingerprint density at radius 3 is 2.53 bits per heavy atom. The van der Waals surface area contributed by atoms with E-state index >= 15 is 0 Å². The molecule has 0 atom stereocenters. The number of hydrogen-bond acceptors (Lipinski definition) is 2. The molecular formula is C13H15ClN2O. The van der Waals surface area contributed by atoms with Crippen LogP contribution in [0.1, 0.15) is 6.42 Å². The second-order valence-corrected chi connectivity index (χ2v) is 4.74. The minimum atomic E-state index is 0.0843. The summed E-state index contributed by atoms with van der Waals surface area (Å²) in [5.74, 6) is 0.0843. The zero-order chi connectivity index (χ0) is 12.4. The summed E-state index contributed by atoms with van der Waals surface area (Å²) in [4.78, 5) is 15.8. The number of halogens is 1. The molecule has 2 rings (SSSR count). The molecule has 0 aromatic heterocycles. The molecule has 1 saturated heterocycles. The molecule has 90 valence electrons. The smallest absolute Gasteiger partial charge is 0.255 e. The maximum absolute atomic E-state index is 12.1. The molecular weight excluding hydrogens is 236 g/mol. The van der Waals surface area contributed by atoms with Crippen molar-refractivity contribution in [1.29, 1.82) is 0 Å². The number of carbonyl (C=O) groups excluding carboxylic acids is 1. The SMILES string of the molecule is CN(C)/C=C1/CCN(c2ccc(Cl)cc2)C1=O. The van der Waals surface area contributed by atoms with E-state index in [9.17, 15) is 4.79 Å². The average Bonchev–Trinajstić information content (AvgIpc) is 2.61. The normalized spacial score (nSPS) is 17.9. The summed E-state index contributed by atoms with van der Waals surface area (Å²) in [5, 5.41) is 0.685. The van der Waals surface area contributed by atoms with Gasteiger partial charge in [-0.3, -0.25) is 4.79 Å². The van der Waals surface area contributed by atoms with Crippen LogP contribution in [0.15, 0.2) is 36.0 Å². The molecule has 1 aromatic rings. The number of rotatable bonds is 2. The molecule has 3 nitrogen and oxygen atoms in total. The van der Waals surface area contributed by atoms with Crippen molar-refractivity contribution in [3.8, 4) is 0 Å². The molecule has 0 unspecified atom stereocenters. The summed E-state index contributed by atoms with van der Waals surface area (Å²) < 4.78 is 0. The summed E-state index contributed by atoms with van der Waals surface area (Å²) >= 11 is 5.83. The lowest BCUT2D eigenvalue weighted by molar-refractivity contribution is -0.114. The van der Waals surface area contributed by atoms with Crippen LogP contribution in [0.4, 0.5) is 5.69 Å². The predicted octanol–water partition coefficient (Wildman–Crippen LogP) is 2.52. The van der Waals surface area contributed by atoms with Crippen molar-refractivity contribution >= 4 is 23.2 Å². The molecule has 17 heavy (non-hydrogen) atoms. The Kier molecular flexibility index (Phi) is 3.38. The molecule has 0 aliphatic carbocycles. The number of carbonyl (C=O) groups is 1. The van der Waals surface area contributed by atoms with Gasteiger partial charge in [-0.25, -0.2) is 0 Å². The van der Waals surface area contributed by atoms with Crippen molar-refractivity contribution in [2.75, 3.05) is 25.5 Å². The van der Waals surface area contributed by atoms with Gasteiger partial charge in [-0.2, -0.15) is 0 Å². The number of anilines is 1. The maximum atomic E-state index is 12.1. The first-order valence-corrected chi connectivity index (χ1v) is 5.90. The van der Waals surface area contributed by atoms with Crippen LogP contribution in [-0.4, -0.2) is 31.4 Å². The minimum Gasteiger partial charge on any atom is -0.383 e. The third kappa shape index (κ3) is 2.61. The number of amides is 1. The maximum Gasteiger partial charge on any atom is 0.255 e. The van der Waals surface area contributed by atoms with E-state index in [4.69, 9.17) is 11.6 Å². The van der Waals surface area contributed by atoms with Crippen LogP contribution in [0.2, 0.25) is 5.02 Å². The lowest BCUT2D eigenvalue weighted by Gasteiger charge is -2.15. The monoisotopic (exact) mass is 250 g/mol. The third-order valence-electron chi connectivity index (χ3n) is 2.68. The van der Waals surface area contributed by atoms with E-state index in [-0.39, 0.29) is 5.91 Å². The Hall–Kier alpha value is -1.48. The highest BCUT2D eigenvalue weighted by Crippen LogP contribution is 2.25. The van der Waals surface area contributed by atoms with Gasteiger partial charge in [0, 0.05) is 43.1 Å². The fourth-order valence-electron chi connectivity index (χ4n) is 1.91. The van der Waals surface area contributed by atoms with Gasteiger partial charge in [0.15, 0.2) is 0 Å². The summed E-state index contributed by atoms with van der Waals surface area (Å²) in [7, 11) is 3.84. The van der Waals surface area contributed by atoms with Crippen LogP contribution in [0.5, 0.6) is 0 Å². The lowest BCUT2D eigenvalue weighted by Crippen LogP contribution is -2.24. The molecule has 0 radical (unpaired) electrons. The van der Waals surface area contributed by atoms with Crippen molar-refractivity contribution in [2.24, 2.45) is 0 Å². The van der Waals surface area contributed by atoms with E-state index in [1.165, 1.54) is 0 Å². The van der Waals surface area contributed by atoms with Crippen LogP contribution in [0, 0.1) is 0 Å². The molecule has 1 aromatic carbocycles. The zero-order valence-corrected chi connectivity index (χ0v) is 10.7. The Balaban J connectivity index is 2.20. The molecule has 0 bridgehead atoms. The summed E-state index contributed by atoms with van der Waals surface area (Å²) in [6, 6.07) is 7.35. The van der Waals surface area contributed by atoms with Crippen molar-refractivity contribution < 1.29 is 4.79 Å². The van der Waals surface area contributed by atoms with Gasteiger partial charge < -0.3 is 9.80 Å². The average molecular weight is 251 g/mol. The van der Waals surface area contributed by atoms with Gasteiger partial charge >= 0.3 is 0 Å². The first-order chi connectivity index (χ1) is 8.08. The van der Waals surface area contributed by atoms with E-state index < -0.39 is 0 Å². The second kappa shape index (κ2) is 4.80. The Bertz CT molecular complexity index is 451. The van der Waals surface area contributed by atoms with Crippen LogP contribution in [0.25, 0.3) is 0 Å². The molecule has 0 N–H and O–H groups in total. The van der Waals surface area contributed by atoms with Crippen molar-refractivity contribution in [3.05, 3.63) is 41.1 Å². The summed E-state index contributed by atoms with van der Waals surface area (Å²) in [6.45, 7) is 0.736. The number of nitrogens with zero attached hydrogens (tertiary/aromatic N) is 2. The molecule has 4 heteroatoms. The molecule has 1 aliphatic rings. The number of benzene rings is 1. The van der Waals surface area contributed by atoms with Gasteiger partial charge in [0.25, 0.3) is 5.91 Å². The Morgan fingerprint density at radius 1 is 1.29 bits per heavy atom. The fourth-order valence-corrected chi connectivity index (χ4v) is 2.04. The molecule has 1 aliphatic heterocycles. The van der Waals surface area contributed by atoms with Crippen molar-refractivity contribution in [1.82, 2.24) is 4.90 Å². The van der Waals surface area contributed by atoms with Gasteiger partial charge in [-0.1, -0.05) is 11.6 Å². The summed E-state index contributed by atoms with van der Waals surface area (Å²) in [5.41, 5.74) is 1.76. The van der Waals surface area contributed by atoms with Crippen LogP contribution in [-0.2, 0) is 4.79 Å². The highest BCUT2D eigenvalue weighted by atomic mass is 35.5. The van der Waals surface area contributed by atoms with Crippen molar-refractivity contribution in [3.63, 3.8) is 0 Å². The van der Waals surface area contributed by atoms with E-state index in [1.54, 1.807) is 17.0 Å². The molecule has 1 amide bonds.